The van der Waals surface area contributed by atoms with Crippen molar-refractivity contribution >= 4 is 64.0 Å². The van der Waals surface area contributed by atoms with Crippen LogP contribution in [0.5, 0.6) is 0 Å². The lowest BCUT2D eigenvalue weighted by molar-refractivity contribution is 1.64. The fraction of sp³-hybridized carbons (Fsp3) is 0.600. The molecule has 1 heterocycles. The number of rotatable bonds is 1. The first-order valence-electron chi connectivity index (χ1n) is 3.74. The molecule has 1 unspecified atom stereocenters. The molecule has 3 nitrogen and oxygen atoms in total. The van der Waals surface area contributed by atoms with Gasteiger partial charge in [-0.05, 0) is 58.6 Å². The third kappa shape index (κ3) is 4.65. The lowest BCUT2D eigenvalue weighted by atomic mass is 10.7. The normalized spacial score (nSPS) is 31.3. The summed E-state index contributed by atoms with van der Waals surface area (Å²) in [7, 11) is -2.07. The number of nitrogens with zero attached hydrogens (tertiary/aromatic N) is 3. The monoisotopic (exact) mass is 343 g/mol. The van der Waals surface area contributed by atoms with E-state index in [2.05, 4.69) is 25.4 Å². The third-order valence-electron chi connectivity index (χ3n) is 1.37. The van der Waals surface area contributed by atoms with Crippen LogP contribution in [0.25, 0.3) is 0 Å². The summed E-state index contributed by atoms with van der Waals surface area (Å²) in [5, 5.41) is 0. The van der Waals surface area contributed by atoms with E-state index in [9.17, 15) is 0 Å². The van der Waals surface area contributed by atoms with Gasteiger partial charge in [0.1, 0.15) is 0 Å². The molecule has 0 saturated carbocycles. The summed E-state index contributed by atoms with van der Waals surface area (Å²) < 4.78 is 12.4. The van der Waals surface area contributed by atoms with Crippen LogP contribution in [0, 0.1) is 11.8 Å². The van der Waals surface area contributed by atoms with Gasteiger partial charge in [-0.25, -0.2) is 9.03 Å². The SMILES string of the molecule is CC#CCP1(C)=NP(Cl)(Cl)=NP(Cl)(Cl)=N1. The Labute approximate surface area is 109 Å². The summed E-state index contributed by atoms with van der Waals surface area (Å²) in [5.41, 5.74) is 0. The molecule has 0 aromatic carbocycles. The highest BCUT2D eigenvalue weighted by molar-refractivity contribution is 8.21. The Morgan fingerprint density at radius 2 is 1.53 bits per heavy atom. The zero-order valence-electron chi connectivity index (χ0n) is 7.90. The van der Waals surface area contributed by atoms with Crippen LogP contribution in [0.2, 0.25) is 0 Å². The molecule has 0 radical (unpaired) electrons. The molecule has 1 aliphatic rings. The van der Waals surface area contributed by atoms with Crippen LogP contribution < -0.4 is 0 Å². The second kappa shape index (κ2) is 4.96. The molecule has 0 bridgehead atoms. The molecule has 0 spiro atoms. The van der Waals surface area contributed by atoms with E-state index in [4.69, 9.17) is 45.0 Å². The van der Waals surface area contributed by atoms with Gasteiger partial charge >= 0.3 is 0 Å². The second-order valence-electron chi connectivity index (χ2n) is 2.85. The van der Waals surface area contributed by atoms with E-state index in [-0.39, 0.29) is 0 Å². The summed E-state index contributed by atoms with van der Waals surface area (Å²) in [6.07, 6.45) is 0.501. The van der Waals surface area contributed by atoms with Gasteiger partial charge in [0.2, 0.25) is 0 Å². The molecule has 0 aliphatic carbocycles. The van der Waals surface area contributed by atoms with E-state index in [1.807, 2.05) is 6.66 Å². The van der Waals surface area contributed by atoms with Crippen molar-refractivity contribution in [3.05, 3.63) is 0 Å². The van der Waals surface area contributed by atoms with Gasteiger partial charge in [0, 0.05) is 0 Å². The highest BCUT2D eigenvalue weighted by Crippen LogP contribution is 2.84. The standard InChI is InChI=1S/C5H8Cl4N3P3/c1-3-4-5-13(2)10-14(6,7)12-15(8,9)11-13/h5H2,1-2H3. The molecule has 0 N–H and O–H groups in total. The maximum Gasteiger partial charge on any atom is 0.255 e. The van der Waals surface area contributed by atoms with Crippen LogP contribution in [0.1, 0.15) is 6.92 Å². The van der Waals surface area contributed by atoms with E-state index in [1.54, 1.807) is 6.92 Å². The summed E-state index contributed by atoms with van der Waals surface area (Å²) in [6, 6.07) is 0. The highest BCUT2D eigenvalue weighted by Gasteiger charge is 2.29. The predicted molar refractivity (Wildman–Crippen MR) is 75.7 cm³/mol. The molecule has 0 fully saturated rings. The predicted octanol–water partition coefficient (Wildman–Crippen LogP) is 6.62. The van der Waals surface area contributed by atoms with Crippen LogP contribution in [0.15, 0.2) is 13.5 Å². The minimum atomic E-state index is -2.75. The van der Waals surface area contributed by atoms with E-state index in [0.717, 1.165) is 0 Å². The Balaban J connectivity index is 3.33. The van der Waals surface area contributed by atoms with Gasteiger partial charge in [0.15, 0.2) is 0 Å². The van der Waals surface area contributed by atoms with Crippen molar-refractivity contribution in [1.29, 1.82) is 0 Å². The number of halogens is 4. The van der Waals surface area contributed by atoms with Crippen molar-refractivity contribution in [2.75, 3.05) is 12.8 Å². The van der Waals surface area contributed by atoms with Gasteiger partial charge in [0.05, 0.1) is 13.4 Å². The Hall–Kier alpha value is 1.41. The fourth-order valence-corrected chi connectivity index (χ4v) is 18.1. The van der Waals surface area contributed by atoms with Gasteiger partial charge in [-0.3, -0.25) is 0 Å². The Kier molecular flexibility index (Phi) is 4.78. The van der Waals surface area contributed by atoms with Crippen molar-refractivity contribution in [3.63, 3.8) is 0 Å². The Morgan fingerprint density at radius 3 is 2.00 bits per heavy atom. The first-order valence-corrected chi connectivity index (χ1v) is 13.1. The molecule has 0 aromatic heterocycles. The van der Waals surface area contributed by atoms with Gasteiger partial charge < -0.3 is 0 Å². The molecule has 1 aliphatic heterocycles. The minimum Gasteiger partial charge on any atom is -0.213 e. The van der Waals surface area contributed by atoms with Gasteiger partial charge in [-0.1, -0.05) is 5.92 Å². The quantitative estimate of drug-likeness (QED) is 0.379. The molecular formula is C5H8Cl4N3P3. The molecule has 0 saturated heterocycles. The zero-order valence-corrected chi connectivity index (χ0v) is 13.6. The van der Waals surface area contributed by atoms with Crippen LogP contribution in [0.4, 0.5) is 0 Å². The lowest BCUT2D eigenvalue weighted by Crippen LogP contribution is -1.82. The highest BCUT2D eigenvalue weighted by atomic mass is 35.9. The van der Waals surface area contributed by atoms with Crippen LogP contribution in [0.3, 0.4) is 0 Å². The zero-order chi connectivity index (χ0) is 11.7. The third-order valence-corrected chi connectivity index (χ3v) is 13.5. The number of hydrogen-bond donors (Lipinski definition) is 0. The first kappa shape index (κ1) is 14.5. The van der Waals surface area contributed by atoms with E-state index in [1.165, 1.54) is 0 Å². The van der Waals surface area contributed by atoms with Crippen molar-refractivity contribution < 1.29 is 0 Å². The van der Waals surface area contributed by atoms with Crippen molar-refractivity contribution in [2.45, 2.75) is 6.92 Å². The largest absolute Gasteiger partial charge is 0.255 e. The van der Waals surface area contributed by atoms with Crippen LogP contribution >= 0.6 is 64.0 Å². The molecular weight excluding hydrogens is 337 g/mol. The minimum absolute atomic E-state index is 0.501. The van der Waals surface area contributed by atoms with Gasteiger partial charge in [-0.15, -0.1) is 5.92 Å². The molecule has 1 rings (SSSR count). The molecule has 0 aromatic rings. The molecule has 10 heteroatoms. The maximum absolute atomic E-state index is 5.94. The molecule has 15 heavy (non-hydrogen) atoms. The Morgan fingerprint density at radius 1 is 1.00 bits per heavy atom. The number of hydrogen-bond acceptors (Lipinski definition) is 3. The van der Waals surface area contributed by atoms with Crippen molar-refractivity contribution in [3.8, 4) is 11.8 Å². The van der Waals surface area contributed by atoms with Gasteiger partial charge in [0.25, 0.3) is 11.8 Å². The van der Waals surface area contributed by atoms with E-state index < -0.39 is 19.0 Å². The molecule has 0 amide bonds. The Bertz CT molecular complexity index is 480. The molecule has 1 atom stereocenters. The van der Waals surface area contributed by atoms with Crippen LogP contribution in [-0.4, -0.2) is 12.8 Å². The fourth-order valence-electron chi connectivity index (χ4n) is 0.939. The maximum atomic E-state index is 5.94. The average molecular weight is 345 g/mol. The van der Waals surface area contributed by atoms with Crippen LogP contribution in [-0.2, 0) is 0 Å². The van der Waals surface area contributed by atoms with E-state index >= 15 is 0 Å². The average Bonchev–Trinajstić information content (AvgIpc) is 1.93. The van der Waals surface area contributed by atoms with E-state index in [0.29, 0.717) is 6.16 Å². The lowest BCUT2D eigenvalue weighted by Gasteiger charge is -2.21. The molecule has 86 valence electrons. The first-order chi connectivity index (χ1) is 6.68. The summed E-state index contributed by atoms with van der Waals surface area (Å²) in [6.45, 7) is 3.60. The summed E-state index contributed by atoms with van der Waals surface area (Å²) in [5.74, 6) is 0.176. The van der Waals surface area contributed by atoms with Crippen molar-refractivity contribution in [1.82, 2.24) is 0 Å². The second-order valence-corrected chi connectivity index (χ2v) is 16.0. The van der Waals surface area contributed by atoms with Crippen molar-refractivity contribution in [2.24, 2.45) is 13.5 Å². The summed E-state index contributed by atoms with van der Waals surface area (Å²) >= 11 is 23.8. The summed E-state index contributed by atoms with van der Waals surface area (Å²) in [4.78, 5) is 0. The van der Waals surface area contributed by atoms with Gasteiger partial charge in [-0.2, -0.15) is 4.52 Å². The smallest absolute Gasteiger partial charge is 0.213 e. The topological polar surface area (TPSA) is 37.1 Å².